The lowest BCUT2D eigenvalue weighted by molar-refractivity contribution is 0.0868. The first-order chi connectivity index (χ1) is 12.8. The van der Waals surface area contributed by atoms with Gasteiger partial charge >= 0.3 is 0 Å². The summed E-state index contributed by atoms with van der Waals surface area (Å²) in [7, 11) is 0. The van der Waals surface area contributed by atoms with E-state index in [1.165, 1.54) is 25.7 Å². The van der Waals surface area contributed by atoms with Crippen molar-refractivity contribution in [3.05, 3.63) is 30.2 Å². The molecule has 1 aromatic carbocycles. The van der Waals surface area contributed by atoms with Crippen LogP contribution in [-0.2, 0) is 6.54 Å². The third-order valence-electron chi connectivity index (χ3n) is 5.50. The van der Waals surface area contributed by atoms with Crippen LogP contribution >= 0.6 is 0 Å². The van der Waals surface area contributed by atoms with E-state index < -0.39 is 0 Å². The van der Waals surface area contributed by atoms with Crippen LogP contribution < -0.4 is 4.74 Å². The quantitative estimate of drug-likeness (QED) is 0.792. The van der Waals surface area contributed by atoms with Crippen molar-refractivity contribution in [2.24, 2.45) is 0 Å². The van der Waals surface area contributed by atoms with Gasteiger partial charge in [-0.25, -0.2) is 0 Å². The zero-order valence-corrected chi connectivity index (χ0v) is 15.6. The molecule has 1 saturated carbocycles. The second kappa shape index (κ2) is 8.18. The summed E-state index contributed by atoms with van der Waals surface area (Å²) in [6.07, 6.45) is 5.58. The van der Waals surface area contributed by atoms with Gasteiger partial charge in [0.05, 0.1) is 13.2 Å². The van der Waals surface area contributed by atoms with E-state index in [-0.39, 0.29) is 0 Å². The molecule has 0 spiro atoms. The summed E-state index contributed by atoms with van der Waals surface area (Å²) in [6, 6.07) is 8.65. The van der Waals surface area contributed by atoms with Gasteiger partial charge in [-0.15, -0.1) is 0 Å². The van der Waals surface area contributed by atoms with Crippen molar-refractivity contribution in [3.8, 4) is 17.1 Å². The zero-order valence-electron chi connectivity index (χ0n) is 15.6. The fourth-order valence-corrected chi connectivity index (χ4v) is 4.05. The molecule has 0 amide bonds. The van der Waals surface area contributed by atoms with Gasteiger partial charge in [0.2, 0.25) is 11.7 Å². The summed E-state index contributed by atoms with van der Waals surface area (Å²) in [5, 5.41) is 4.14. The number of hydrogen-bond donors (Lipinski definition) is 0. The molecular formula is C20H28N4O2. The minimum atomic E-state index is 0.646. The van der Waals surface area contributed by atoms with Gasteiger partial charge in [0, 0.05) is 37.8 Å². The van der Waals surface area contributed by atoms with Crippen molar-refractivity contribution in [1.82, 2.24) is 19.9 Å². The SMILES string of the molecule is CCOc1ccc(-c2noc(CN3CCN(C4CCCC4)CC3)n2)cc1. The molecular weight excluding hydrogens is 328 g/mol. The molecule has 2 heterocycles. The Balaban J connectivity index is 1.31. The lowest BCUT2D eigenvalue weighted by atomic mass is 10.2. The number of piperazine rings is 1. The normalized spacial score (nSPS) is 19.9. The summed E-state index contributed by atoms with van der Waals surface area (Å²) in [6.45, 7) is 7.86. The zero-order chi connectivity index (χ0) is 17.8. The van der Waals surface area contributed by atoms with Crippen LogP contribution in [0.1, 0.15) is 38.5 Å². The third kappa shape index (κ3) is 4.07. The molecule has 0 unspecified atom stereocenters. The van der Waals surface area contributed by atoms with Crippen LogP contribution in [0.3, 0.4) is 0 Å². The highest BCUT2D eigenvalue weighted by Crippen LogP contribution is 2.25. The molecule has 140 valence electrons. The number of hydrogen-bond acceptors (Lipinski definition) is 6. The molecule has 1 aliphatic heterocycles. The highest BCUT2D eigenvalue weighted by Gasteiger charge is 2.26. The predicted molar refractivity (Wildman–Crippen MR) is 100 cm³/mol. The second-order valence-electron chi connectivity index (χ2n) is 7.22. The van der Waals surface area contributed by atoms with Crippen molar-refractivity contribution in [3.63, 3.8) is 0 Å². The third-order valence-corrected chi connectivity index (χ3v) is 5.50. The van der Waals surface area contributed by atoms with E-state index in [1.54, 1.807) is 0 Å². The monoisotopic (exact) mass is 356 g/mol. The van der Waals surface area contributed by atoms with Gasteiger partial charge in [-0.05, 0) is 44.0 Å². The second-order valence-corrected chi connectivity index (χ2v) is 7.22. The molecule has 6 heteroatoms. The first-order valence-corrected chi connectivity index (χ1v) is 9.84. The lowest BCUT2D eigenvalue weighted by Crippen LogP contribution is -2.49. The van der Waals surface area contributed by atoms with Crippen LogP contribution in [0.15, 0.2) is 28.8 Å². The fourth-order valence-electron chi connectivity index (χ4n) is 4.05. The van der Waals surface area contributed by atoms with E-state index in [2.05, 4.69) is 19.9 Å². The minimum Gasteiger partial charge on any atom is -0.494 e. The maximum absolute atomic E-state index is 5.48. The largest absolute Gasteiger partial charge is 0.494 e. The molecule has 0 atom stereocenters. The summed E-state index contributed by atoms with van der Waals surface area (Å²) in [4.78, 5) is 9.66. The van der Waals surface area contributed by atoms with E-state index >= 15 is 0 Å². The Morgan fingerprint density at radius 2 is 1.81 bits per heavy atom. The highest BCUT2D eigenvalue weighted by molar-refractivity contribution is 5.55. The first-order valence-electron chi connectivity index (χ1n) is 9.84. The molecule has 26 heavy (non-hydrogen) atoms. The molecule has 4 rings (SSSR count). The van der Waals surface area contributed by atoms with Crippen molar-refractivity contribution in [2.75, 3.05) is 32.8 Å². The van der Waals surface area contributed by atoms with Gasteiger partial charge in [0.15, 0.2) is 0 Å². The Bertz CT molecular complexity index is 686. The van der Waals surface area contributed by atoms with Gasteiger partial charge in [-0.2, -0.15) is 4.98 Å². The highest BCUT2D eigenvalue weighted by atomic mass is 16.5. The van der Waals surface area contributed by atoms with Gasteiger partial charge < -0.3 is 9.26 Å². The van der Waals surface area contributed by atoms with E-state index in [0.717, 1.165) is 50.1 Å². The molecule has 6 nitrogen and oxygen atoms in total. The minimum absolute atomic E-state index is 0.646. The molecule has 0 N–H and O–H groups in total. The molecule has 1 saturated heterocycles. The molecule has 1 aliphatic carbocycles. The van der Waals surface area contributed by atoms with Crippen LogP contribution in [-0.4, -0.2) is 58.8 Å². The lowest BCUT2D eigenvalue weighted by Gasteiger charge is -2.37. The average Bonchev–Trinajstić information content (AvgIpc) is 3.36. The summed E-state index contributed by atoms with van der Waals surface area (Å²) in [5.41, 5.74) is 0.953. The molecule has 0 bridgehead atoms. The maximum atomic E-state index is 5.48. The van der Waals surface area contributed by atoms with Crippen LogP contribution in [0, 0.1) is 0 Å². The molecule has 0 radical (unpaired) electrons. The van der Waals surface area contributed by atoms with Crippen LogP contribution in [0.25, 0.3) is 11.4 Å². The smallest absolute Gasteiger partial charge is 0.241 e. The average molecular weight is 356 g/mol. The van der Waals surface area contributed by atoms with Crippen molar-refractivity contribution in [2.45, 2.75) is 45.2 Å². The van der Waals surface area contributed by atoms with Crippen molar-refractivity contribution in [1.29, 1.82) is 0 Å². The summed E-state index contributed by atoms with van der Waals surface area (Å²) < 4.78 is 11.0. The predicted octanol–water partition coefficient (Wildman–Crippen LogP) is 3.20. The summed E-state index contributed by atoms with van der Waals surface area (Å²) in [5.74, 6) is 2.20. The Kier molecular flexibility index (Phi) is 5.51. The Labute approximate surface area is 155 Å². The van der Waals surface area contributed by atoms with Crippen molar-refractivity contribution >= 4 is 0 Å². The molecule has 2 aliphatic rings. The molecule has 2 aromatic rings. The Hall–Kier alpha value is -1.92. The fraction of sp³-hybridized carbons (Fsp3) is 0.600. The number of benzene rings is 1. The molecule has 1 aromatic heterocycles. The van der Waals surface area contributed by atoms with E-state index in [0.29, 0.717) is 18.3 Å². The first kappa shape index (κ1) is 17.5. The summed E-state index contributed by atoms with van der Waals surface area (Å²) >= 11 is 0. The number of nitrogens with zero attached hydrogens (tertiary/aromatic N) is 4. The van der Waals surface area contributed by atoms with Gasteiger partial charge in [-0.1, -0.05) is 18.0 Å². The van der Waals surface area contributed by atoms with Gasteiger partial charge in [0.25, 0.3) is 0 Å². The number of aromatic nitrogens is 2. The topological polar surface area (TPSA) is 54.6 Å². The van der Waals surface area contributed by atoms with Crippen molar-refractivity contribution < 1.29 is 9.26 Å². The van der Waals surface area contributed by atoms with Gasteiger partial charge in [0.1, 0.15) is 5.75 Å². The number of rotatable bonds is 6. The van der Waals surface area contributed by atoms with Crippen LogP contribution in [0.4, 0.5) is 0 Å². The van der Waals surface area contributed by atoms with E-state index in [4.69, 9.17) is 9.26 Å². The molecule has 2 fully saturated rings. The Morgan fingerprint density at radius 1 is 1.08 bits per heavy atom. The van der Waals surface area contributed by atoms with Crippen LogP contribution in [0.5, 0.6) is 5.75 Å². The van der Waals surface area contributed by atoms with Gasteiger partial charge in [-0.3, -0.25) is 9.80 Å². The Morgan fingerprint density at radius 3 is 2.50 bits per heavy atom. The van der Waals surface area contributed by atoms with Crippen LogP contribution in [0.2, 0.25) is 0 Å². The maximum Gasteiger partial charge on any atom is 0.241 e. The standard InChI is InChI=1S/C20H28N4O2/c1-2-25-18-9-7-16(8-10-18)20-21-19(26-22-20)15-23-11-13-24(14-12-23)17-5-3-4-6-17/h7-10,17H,2-6,11-15H2,1H3. The van der Waals surface area contributed by atoms with E-state index in [1.807, 2.05) is 31.2 Å². The number of ether oxygens (including phenoxy) is 1. The van der Waals surface area contributed by atoms with E-state index in [9.17, 15) is 0 Å².